The average Bonchev–Trinajstić information content (AvgIpc) is 2.34. The molecule has 0 saturated heterocycles. The molecule has 0 atom stereocenters. The number of methoxy groups -OCH3 is 1. The minimum Gasteiger partial charge on any atom is -0.481 e. The maximum absolute atomic E-state index is 10.8. The van der Waals surface area contributed by atoms with E-state index in [4.69, 9.17) is 9.47 Å². The molecule has 1 aromatic heterocycles. The van der Waals surface area contributed by atoms with Crippen molar-refractivity contribution in [3.05, 3.63) is 22.2 Å². The van der Waals surface area contributed by atoms with E-state index in [0.717, 1.165) is 0 Å². The minimum atomic E-state index is -0.491. The third-order valence-corrected chi connectivity index (χ3v) is 2.00. The highest BCUT2D eigenvalue weighted by Gasteiger charge is 2.15. The molecule has 1 rings (SSSR count). The van der Waals surface area contributed by atoms with Crippen molar-refractivity contribution >= 4 is 11.5 Å². The first-order valence-electron chi connectivity index (χ1n) is 5.20. The molecular formula is C10H15N3O4. The van der Waals surface area contributed by atoms with Crippen LogP contribution in [0.3, 0.4) is 0 Å². The van der Waals surface area contributed by atoms with E-state index in [2.05, 4.69) is 10.3 Å². The van der Waals surface area contributed by atoms with Gasteiger partial charge in [-0.05, 0) is 6.92 Å². The van der Waals surface area contributed by atoms with Crippen molar-refractivity contribution < 1.29 is 14.4 Å². The van der Waals surface area contributed by atoms with Gasteiger partial charge in [-0.25, -0.2) is 0 Å². The van der Waals surface area contributed by atoms with Crippen LogP contribution >= 0.6 is 0 Å². The second kappa shape index (κ2) is 6.64. The molecule has 1 aromatic rings. The fourth-order valence-electron chi connectivity index (χ4n) is 1.21. The molecule has 94 valence electrons. The van der Waals surface area contributed by atoms with E-state index in [9.17, 15) is 10.1 Å². The van der Waals surface area contributed by atoms with E-state index < -0.39 is 4.92 Å². The van der Waals surface area contributed by atoms with Crippen molar-refractivity contribution in [1.29, 1.82) is 0 Å². The molecule has 0 aliphatic rings. The van der Waals surface area contributed by atoms with Gasteiger partial charge in [-0.1, -0.05) is 0 Å². The van der Waals surface area contributed by atoms with E-state index in [1.54, 1.807) is 0 Å². The van der Waals surface area contributed by atoms with Gasteiger partial charge in [0.2, 0.25) is 11.7 Å². The number of anilines is 1. The van der Waals surface area contributed by atoms with Gasteiger partial charge in [0.25, 0.3) is 0 Å². The number of rotatable bonds is 7. The summed E-state index contributed by atoms with van der Waals surface area (Å²) < 4.78 is 10.0. The monoisotopic (exact) mass is 241 g/mol. The highest BCUT2D eigenvalue weighted by Crippen LogP contribution is 2.24. The van der Waals surface area contributed by atoms with Crippen LogP contribution < -0.4 is 10.1 Å². The molecule has 0 amide bonds. The first kappa shape index (κ1) is 13.2. The maximum Gasteiger partial charge on any atom is 0.311 e. The number of hydrogen-bond acceptors (Lipinski definition) is 6. The van der Waals surface area contributed by atoms with Gasteiger partial charge in [0.1, 0.15) is 0 Å². The van der Waals surface area contributed by atoms with Crippen molar-refractivity contribution in [2.75, 3.05) is 32.2 Å². The predicted octanol–water partition coefficient (Wildman–Crippen LogP) is 1.45. The number of nitro groups is 1. The van der Waals surface area contributed by atoms with Gasteiger partial charge in [0.05, 0.1) is 18.6 Å². The Kier molecular flexibility index (Phi) is 5.15. The normalized spacial score (nSPS) is 10.0. The van der Waals surface area contributed by atoms with Crippen LogP contribution in [0.25, 0.3) is 0 Å². The summed E-state index contributed by atoms with van der Waals surface area (Å²) in [6.45, 7) is 3.41. The molecule has 0 aliphatic carbocycles. The van der Waals surface area contributed by atoms with E-state index in [1.165, 1.54) is 19.2 Å². The number of aromatic nitrogens is 1. The number of hydrogen-bond donors (Lipinski definition) is 1. The van der Waals surface area contributed by atoms with Crippen LogP contribution in [0.4, 0.5) is 11.5 Å². The topological polar surface area (TPSA) is 86.5 Å². The Bertz CT molecular complexity index is 384. The first-order valence-corrected chi connectivity index (χ1v) is 5.20. The van der Waals surface area contributed by atoms with Gasteiger partial charge in [-0.3, -0.25) is 10.1 Å². The molecule has 1 heterocycles. The Morgan fingerprint density at radius 1 is 1.53 bits per heavy atom. The molecule has 0 unspecified atom stereocenters. The largest absolute Gasteiger partial charge is 0.481 e. The Hall–Kier alpha value is -1.89. The summed E-state index contributed by atoms with van der Waals surface area (Å²) in [6, 6.07) is 2.81. The summed E-state index contributed by atoms with van der Waals surface area (Å²) in [5.41, 5.74) is -0.0812. The van der Waals surface area contributed by atoms with Crippen molar-refractivity contribution in [2.24, 2.45) is 0 Å². The minimum absolute atomic E-state index is 0.0812. The van der Waals surface area contributed by atoms with E-state index in [-0.39, 0.29) is 11.5 Å². The van der Waals surface area contributed by atoms with Gasteiger partial charge in [-0.15, -0.1) is 0 Å². The molecule has 0 aromatic carbocycles. The van der Waals surface area contributed by atoms with Crippen LogP contribution in [0.15, 0.2) is 12.1 Å². The second-order valence-corrected chi connectivity index (χ2v) is 3.10. The molecule has 7 heteroatoms. The fraction of sp³-hybridized carbons (Fsp3) is 0.500. The van der Waals surface area contributed by atoms with Crippen molar-refractivity contribution in [3.8, 4) is 5.88 Å². The summed E-state index contributed by atoms with van der Waals surface area (Å²) in [5, 5.41) is 13.6. The van der Waals surface area contributed by atoms with Gasteiger partial charge >= 0.3 is 5.69 Å². The average molecular weight is 241 g/mol. The Morgan fingerprint density at radius 2 is 2.29 bits per heavy atom. The number of ether oxygens (including phenoxy) is 2. The molecule has 0 spiro atoms. The third-order valence-electron chi connectivity index (χ3n) is 2.00. The van der Waals surface area contributed by atoms with Crippen molar-refractivity contribution in [3.63, 3.8) is 0 Å². The lowest BCUT2D eigenvalue weighted by Gasteiger charge is -2.07. The van der Waals surface area contributed by atoms with Crippen LogP contribution in [0, 0.1) is 10.1 Å². The molecule has 0 saturated carbocycles. The zero-order chi connectivity index (χ0) is 12.7. The molecule has 7 nitrogen and oxygen atoms in total. The van der Waals surface area contributed by atoms with Crippen molar-refractivity contribution in [1.82, 2.24) is 4.98 Å². The van der Waals surface area contributed by atoms with Gasteiger partial charge in [-0.2, -0.15) is 4.98 Å². The standard InChI is InChI=1S/C10H15N3O4/c1-3-17-7-6-11-10-8(13(14)15)4-5-9(12-10)16-2/h4-5H,3,6-7H2,1-2H3,(H,11,12). The maximum atomic E-state index is 10.8. The van der Waals surface area contributed by atoms with Crippen LogP contribution in [-0.4, -0.2) is 36.8 Å². The molecular weight excluding hydrogens is 226 g/mol. The number of nitrogens with one attached hydrogen (secondary N) is 1. The Labute approximate surface area is 98.9 Å². The Balaban J connectivity index is 2.75. The highest BCUT2D eigenvalue weighted by molar-refractivity contribution is 5.56. The number of nitrogens with zero attached hydrogens (tertiary/aromatic N) is 2. The quantitative estimate of drug-likeness (QED) is 0.441. The van der Waals surface area contributed by atoms with Crippen LogP contribution in [0.1, 0.15) is 6.92 Å². The zero-order valence-electron chi connectivity index (χ0n) is 9.80. The van der Waals surface area contributed by atoms with Crippen molar-refractivity contribution in [2.45, 2.75) is 6.92 Å². The summed E-state index contributed by atoms with van der Waals surface area (Å²) in [7, 11) is 1.46. The molecule has 0 fully saturated rings. The summed E-state index contributed by atoms with van der Waals surface area (Å²) in [4.78, 5) is 14.3. The molecule has 0 bridgehead atoms. The smallest absolute Gasteiger partial charge is 0.311 e. The number of pyridine rings is 1. The van der Waals surface area contributed by atoms with Gasteiger partial charge < -0.3 is 14.8 Å². The zero-order valence-corrected chi connectivity index (χ0v) is 9.80. The summed E-state index contributed by atoms with van der Waals surface area (Å²) in [5.74, 6) is 0.517. The summed E-state index contributed by atoms with van der Waals surface area (Å²) in [6.07, 6.45) is 0. The second-order valence-electron chi connectivity index (χ2n) is 3.10. The fourth-order valence-corrected chi connectivity index (χ4v) is 1.21. The summed E-state index contributed by atoms with van der Waals surface area (Å²) >= 11 is 0. The highest BCUT2D eigenvalue weighted by atomic mass is 16.6. The molecule has 1 N–H and O–H groups in total. The van der Waals surface area contributed by atoms with Crippen LogP contribution in [-0.2, 0) is 4.74 Å². The van der Waals surface area contributed by atoms with Gasteiger partial charge in [0.15, 0.2) is 0 Å². The van der Waals surface area contributed by atoms with E-state index in [0.29, 0.717) is 25.6 Å². The third kappa shape index (κ3) is 3.87. The SMILES string of the molecule is CCOCCNc1nc(OC)ccc1[N+](=O)[O-]. The lowest BCUT2D eigenvalue weighted by Crippen LogP contribution is -2.12. The molecule has 17 heavy (non-hydrogen) atoms. The van der Waals surface area contributed by atoms with Gasteiger partial charge in [0, 0.05) is 25.3 Å². The Morgan fingerprint density at radius 3 is 2.88 bits per heavy atom. The van der Waals surface area contributed by atoms with Crippen LogP contribution in [0.2, 0.25) is 0 Å². The van der Waals surface area contributed by atoms with Crippen LogP contribution in [0.5, 0.6) is 5.88 Å². The lowest BCUT2D eigenvalue weighted by molar-refractivity contribution is -0.384. The van der Waals surface area contributed by atoms with E-state index in [1.807, 2.05) is 6.92 Å². The first-order chi connectivity index (χ1) is 8.19. The predicted molar refractivity (Wildman–Crippen MR) is 62.4 cm³/mol. The molecule has 0 radical (unpaired) electrons. The molecule has 0 aliphatic heterocycles. The lowest BCUT2D eigenvalue weighted by atomic mass is 10.4. The van der Waals surface area contributed by atoms with E-state index >= 15 is 0 Å².